The number of hydrogen-bond acceptors (Lipinski definition) is 4. The third-order valence-corrected chi connectivity index (χ3v) is 3.98. The van der Waals surface area contributed by atoms with E-state index in [1.807, 2.05) is 24.3 Å². The monoisotopic (exact) mass is 278 g/mol. The molecule has 19 heavy (non-hydrogen) atoms. The second-order valence-electron chi connectivity index (χ2n) is 5.28. The molecular formula is C14H18N2O2S. The largest absolute Gasteiger partial charge is 0.451 e. The summed E-state index contributed by atoms with van der Waals surface area (Å²) in [7, 11) is 0. The molecule has 102 valence electrons. The molecule has 2 aromatic rings. The summed E-state index contributed by atoms with van der Waals surface area (Å²) in [5, 5.41) is 0.970. The molecule has 0 saturated carbocycles. The van der Waals surface area contributed by atoms with E-state index in [9.17, 15) is 4.79 Å². The van der Waals surface area contributed by atoms with Crippen molar-refractivity contribution in [2.75, 3.05) is 0 Å². The average molecular weight is 278 g/mol. The van der Waals surface area contributed by atoms with Crippen LogP contribution < -0.4 is 11.3 Å². The van der Waals surface area contributed by atoms with E-state index in [-0.39, 0.29) is 10.7 Å². The second kappa shape index (κ2) is 5.27. The van der Waals surface area contributed by atoms with E-state index in [0.717, 1.165) is 10.9 Å². The van der Waals surface area contributed by atoms with Gasteiger partial charge in [-0.3, -0.25) is 10.2 Å². The summed E-state index contributed by atoms with van der Waals surface area (Å²) < 4.78 is 5.73. The Hall–Kier alpha value is -1.46. The number of hydrogen-bond donors (Lipinski definition) is 2. The molecule has 0 aliphatic heterocycles. The van der Waals surface area contributed by atoms with Crippen molar-refractivity contribution in [1.82, 2.24) is 5.43 Å². The number of benzene rings is 1. The summed E-state index contributed by atoms with van der Waals surface area (Å²) in [6.45, 7) is 6.42. The van der Waals surface area contributed by atoms with Gasteiger partial charge in [-0.25, -0.2) is 5.84 Å². The van der Waals surface area contributed by atoms with Crippen LogP contribution in [0.2, 0.25) is 0 Å². The molecule has 0 unspecified atom stereocenters. The lowest BCUT2D eigenvalue weighted by molar-refractivity contribution is 0.0927. The molecule has 0 fully saturated rings. The number of amides is 1. The Balaban J connectivity index is 2.45. The van der Waals surface area contributed by atoms with Crippen molar-refractivity contribution < 1.29 is 9.21 Å². The molecule has 1 heterocycles. The lowest BCUT2D eigenvalue weighted by Crippen LogP contribution is -2.30. The highest BCUT2D eigenvalue weighted by Gasteiger charge is 2.21. The van der Waals surface area contributed by atoms with Crippen LogP contribution in [0.4, 0.5) is 0 Å². The van der Waals surface area contributed by atoms with Gasteiger partial charge in [0.1, 0.15) is 5.58 Å². The van der Waals surface area contributed by atoms with Gasteiger partial charge in [-0.1, -0.05) is 39.0 Å². The number of para-hydroxylation sites is 1. The number of carbonyl (C=O) groups is 1. The van der Waals surface area contributed by atoms with E-state index in [2.05, 4.69) is 26.2 Å². The van der Waals surface area contributed by atoms with Gasteiger partial charge in [0.2, 0.25) is 0 Å². The van der Waals surface area contributed by atoms with Crippen LogP contribution >= 0.6 is 11.8 Å². The fraction of sp³-hybridized carbons (Fsp3) is 0.357. The first-order valence-corrected chi connectivity index (χ1v) is 7.06. The van der Waals surface area contributed by atoms with Gasteiger partial charge < -0.3 is 4.42 Å². The van der Waals surface area contributed by atoms with Crippen LogP contribution in [0.5, 0.6) is 0 Å². The highest BCUT2D eigenvalue weighted by atomic mass is 32.2. The maximum atomic E-state index is 11.8. The number of furan rings is 1. The average Bonchev–Trinajstić information content (AvgIpc) is 2.73. The number of nitrogens with two attached hydrogens (primary N) is 1. The summed E-state index contributed by atoms with van der Waals surface area (Å²) in [4.78, 5) is 11.8. The molecule has 2 rings (SSSR count). The van der Waals surface area contributed by atoms with Crippen LogP contribution in [0.15, 0.2) is 28.7 Å². The van der Waals surface area contributed by atoms with Crippen molar-refractivity contribution in [1.29, 1.82) is 0 Å². The Morgan fingerprint density at radius 2 is 2.05 bits per heavy atom. The van der Waals surface area contributed by atoms with Crippen LogP contribution in [0.25, 0.3) is 11.0 Å². The molecule has 0 aliphatic rings. The van der Waals surface area contributed by atoms with E-state index < -0.39 is 0 Å². The van der Waals surface area contributed by atoms with E-state index in [0.29, 0.717) is 17.1 Å². The minimum atomic E-state index is -0.388. The quantitative estimate of drug-likeness (QED) is 0.514. The van der Waals surface area contributed by atoms with Gasteiger partial charge in [0.15, 0.2) is 5.76 Å². The molecule has 0 radical (unpaired) electrons. The summed E-state index contributed by atoms with van der Waals surface area (Å²) in [6, 6.07) is 7.64. The van der Waals surface area contributed by atoms with Crippen LogP contribution in [0.3, 0.4) is 0 Å². The number of rotatable bonds is 3. The lowest BCUT2D eigenvalue weighted by Gasteiger charge is -2.17. The minimum Gasteiger partial charge on any atom is -0.451 e. The highest BCUT2D eigenvalue weighted by molar-refractivity contribution is 7.99. The third kappa shape index (κ3) is 3.11. The summed E-state index contributed by atoms with van der Waals surface area (Å²) in [6.07, 6.45) is 0. The molecule has 0 bridgehead atoms. The van der Waals surface area contributed by atoms with E-state index >= 15 is 0 Å². The molecule has 5 heteroatoms. The fourth-order valence-corrected chi connectivity index (χ4v) is 2.64. The lowest BCUT2D eigenvalue weighted by atomic mass is 10.1. The van der Waals surface area contributed by atoms with E-state index in [1.165, 1.54) is 0 Å². The zero-order chi connectivity index (χ0) is 14.0. The Kier molecular flexibility index (Phi) is 3.87. The zero-order valence-electron chi connectivity index (χ0n) is 11.3. The number of thioether (sulfide) groups is 1. The minimum absolute atomic E-state index is 0.120. The molecule has 0 aliphatic carbocycles. The Bertz CT molecular complexity index is 599. The van der Waals surface area contributed by atoms with Gasteiger partial charge in [0.25, 0.3) is 0 Å². The molecule has 4 nitrogen and oxygen atoms in total. The van der Waals surface area contributed by atoms with Crippen LogP contribution in [0, 0.1) is 0 Å². The summed E-state index contributed by atoms with van der Waals surface area (Å²) in [5.41, 5.74) is 3.75. The van der Waals surface area contributed by atoms with E-state index in [1.54, 1.807) is 11.8 Å². The highest BCUT2D eigenvalue weighted by Crippen LogP contribution is 2.33. The first-order valence-electron chi connectivity index (χ1n) is 6.07. The molecule has 1 aromatic carbocycles. The number of carbonyl (C=O) groups excluding carboxylic acids is 1. The smallest absolute Gasteiger partial charge is 0.301 e. The Labute approximate surface area is 116 Å². The number of nitrogens with one attached hydrogen (secondary N) is 1. The van der Waals surface area contributed by atoms with Gasteiger partial charge in [-0.2, -0.15) is 11.8 Å². The van der Waals surface area contributed by atoms with Crippen LogP contribution in [0.1, 0.15) is 36.9 Å². The second-order valence-corrected chi connectivity index (χ2v) is 7.08. The number of nitrogen functional groups attached to an aromatic ring is 1. The molecular weight excluding hydrogens is 260 g/mol. The van der Waals surface area contributed by atoms with E-state index in [4.69, 9.17) is 10.3 Å². The van der Waals surface area contributed by atoms with Gasteiger partial charge in [0.05, 0.1) is 0 Å². The van der Waals surface area contributed by atoms with Crippen molar-refractivity contribution in [2.45, 2.75) is 31.3 Å². The summed E-state index contributed by atoms with van der Waals surface area (Å²) >= 11 is 1.77. The predicted molar refractivity (Wildman–Crippen MR) is 78.9 cm³/mol. The SMILES string of the molecule is CC(C)(C)SCc1c(C(=O)NN)oc2ccccc12. The van der Waals surface area contributed by atoms with Crippen molar-refractivity contribution in [3.63, 3.8) is 0 Å². The Morgan fingerprint density at radius 1 is 1.37 bits per heavy atom. The predicted octanol–water partition coefficient (Wildman–Crippen LogP) is 3.07. The maximum absolute atomic E-state index is 11.8. The summed E-state index contributed by atoms with van der Waals surface area (Å²) in [5.74, 6) is 5.84. The van der Waals surface area contributed by atoms with Gasteiger partial charge >= 0.3 is 5.91 Å². The van der Waals surface area contributed by atoms with Gasteiger partial charge in [-0.05, 0) is 6.07 Å². The molecule has 1 amide bonds. The van der Waals surface area contributed by atoms with Crippen molar-refractivity contribution in [3.8, 4) is 0 Å². The van der Waals surface area contributed by atoms with Gasteiger partial charge in [-0.15, -0.1) is 0 Å². The van der Waals surface area contributed by atoms with Crippen molar-refractivity contribution >= 4 is 28.6 Å². The maximum Gasteiger partial charge on any atom is 0.301 e. The molecule has 0 spiro atoms. The standard InChI is InChI=1S/C14H18N2O2S/c1-14(2,3)19-8-10-9-6-4-5-7-11(9)18-12(10)13(17)16-15/h4-7H,8,15H2,1-3H3,(H,16,17). The fourth-order valence-electron chi connectivity index (χ4n) is 1.78. The first kappa shape index (κ1) is 14.0. The Morgan fingerprint density at radius 3 is 2.68 bits per heavy atom. The first-order chi connectivity index (χ1) is 8.92. The van der Waals surface area contributed by atoms with Crippen LogP contribution in [-0.4, -0.2) is 10.7 Å². The van der Waals surface area contributed by atoms with Crippen molar-refractivity contribution in [2.24, 2.45) is 5.84 Å². The number of hydrazine groups is 1. The topological polar surface area (TPSA) is 68.3 Å². The molecule has 3 N–H and O–H groups in total. The molecule has 0 saturated heterocycles. The number of fused-ring (bicyclic) bond motifs is 1. The normalized spacial score (nSPS) is 11.8. The van der Waals surface area contributed by atoms with Crippen molar-refractivity contribution in [3.05, 3.63) is 35.6 Å². The van der Waals surface area contributed by atoms with Gasteiger partial charge in [0, 0.05) is 21.4 Å². The molecule has 0 atom stereocenters. The third-order valence-electron chi connectivity index (χ3n) is 2.69. The van der Waals surface area contributed by atoms with Crippen LogP contribution in [-0.2, 0) is 5.75 Å². The zero-order valence-corrected chi connectivity index (χ0v) is 12.1. The molecule has 1 aromatic heterocycles.